The van der Waals surface area contributed by atoms with Gasteiger partial charge in [-0.3, -0.25) is 28.3 Å². The van der Waals surface area contributed by atoms with Crippen LogP contribution in [0.5, 0.6) is 11.5 Å². The van der Waals surface area contributed by atoms with Crippen molar-refractivity contribution in [2.24, 2.45) is 0 Å². The van der Waals surface area contributed by atoms with Crippen molar-refractivity contribution in [3.8, 4) is 11.5 Å². The maximum Gasteiger partial charge on any atom is 0.314 e. The van der Waals surface area contributed by atoms with Gasteiger partial charge < -0.3 is 31.5 Å². The van der Waals surface area contributed by atoms with Crippen molar-refractivity contribution >= 4 is 88.2 Å². The van der Waals surface area contributed by atoms with Crippen LogP contribution in [0.15, 0.2) is 119 Å². The lowest BCUT2D eigenvalue weighted by Gasteiger charge is -2.14. The summed E-state index contributed by atoms with van der Waals surface area (Å²) >= 11 is 0. The summed E-state index contributed by atoms with van der Waals surface area (Å²) in [5.41, 5.74) is -0.839. The summed E-state index contributed by atoms with van der Waals surface area (Å²) in [7, 11) is -9.65. The third kappa shape index (κ3) is 7.66. The number of nitrogens with one attached hydrogen (secondary N) is 4. The van der Waals surface area contributed by atoms with Gasteiger partial charge in [-0.25, -0.2) is 0 Å². The van der Waals surface area contributed by atoms with E-state index in [0.29, 0.717) is 0 Å². The third-order valence-electron chi connectivity index (χ3n) is 8.00. The fraction of sp³-hybridized carbons (Fsp3) is 0. The molecule has 0 bridgehead atoms. The van der Waals surface area contributed by atoms with Crippen molar-refractivity contribution in [3.05, 3.63) is 120 Å². The first-order valence-electron chi connectivity index (χ1n) is 15.4. The van der Waals surface area contributed by atoms with E-state index in [0.717, 1.165) is 12.1 Å². The fourth-order valence-corrected chi connectivity index (χ4v) is 6.87. The number of aromatic hydroxyl groups is 2. The Hall–Kier alpha value is -6.86. The normalized spacial score (nSPS) is 11.5. The van der Waals surface area contributed by atoms with Gasteiger partial charge >= 0.3 is 11.8 Å². The van der Waals surface area contributed by atoms with Crippen LogP contribution >= 0.6 is 0 Å². The number of carbonyl (C=O) groups excluding carboxylic acids is 4. The van der Waals surface area contributed by atoms with Crippen molar-refractivity contribution in [3.63, 3.8) is 0 Å². The SMILES string of the molecule is O=C(Nc1cccc(C(=O)Nc2c(S(=O)(=O)O)ccc3c(O)cccc23)c1)C(=O)Nc1cccc(C(=O)Nc2c(S(=O)(=O)O)ccc3c(O)cccc23)c1. The van der Waals surface area contributed by atoms with Gasteiger partial charge in [-0.1, -0.05) is 36.4 Å². The molecule has 4 amide bonds. The van der Waals surface area contributed by atoms with Crippen molar-refractivity contribution in [1.29, 1.82) is 0 Å². The van der Waals surface area contributed by atoms with Crippen LogP contribution in [0.2, 0.25) is 0 Å². The molecule has 8 N–H and O–H groups in total. The van der Waals surface area contributed by atoms with E-state index >= 15 is 0 Å². The number of hydrogen-bond acceptors (Lipinski definition) is 10. The molecular weight excluding hydrogens is 745 g/mol. The molecule has 0 atom stereocenters. The average molecular weight is 771 g/mol. The van der Waals surface area contributed by atoms with Crippen molar-refractivity contribution in [2.75, 3.05) is 21.3 Å². The molecule has 0 saturated heterocycles. The monoisotopic (exact) mass is 770 g/mol. The Morgan fingerprint density at radius 3 is 1.19 bits per heavy atom. The van der Waals surface area contributed by atoms with Gasteiger partial charge in [0.1, 0.15) is 21.3 Å². The first-order chi connectivity index (χ1) is 25.5. The van der Waals surface area contributed by atoms with E-state index in [1.165, 1.54) is 97.1 Å². The predicted molar refractivity (Wildman–Crippen MR) is 197 cm³/mol. The lowest BCUT2D eigenvalue weighted by molar-refractivity contribution is -0.132. The molecule has 54 heavy (non-hydrogen) atoms. The molecule has 6 rings (SSSR count). The molecule has 6 aromatic carbocycles. The van der Waals surface area contributed by atoms with Crippen LogP contribution in [-0.4, -0.2) is 59.8 Å². The number of fused-ring (bicyclic) bond motifs is 2. The first-order valence-corrected chi connectivity index (χ1v) is 18.3. The number of phenols is 2. The summed E-state index contributed by atoms with van der Waals surface area (Å²) in [6.07, 6.45) is 0. The Morgan fingerprint density at radius 2 is 0.815 bits per heavy atom. The van der Waals surface area contributed by atoms with E-state index < -0.39 is 53.7 Å². The topological polar surface area (TPSA) is 266 Å². The Morgan fingerprint density at radius 1 is 0.444 bits per heavy atom. The summed E-state index contributed by atoms with van der Waals surface area (Å²) < 4.78 is 67.9. The molecule has 0 fully saturated rings. The summed E-state index contributed by atoms with van der Waals surface area (Å²) in [5, 5.41) is 30.5. The molecule has 18 heteroatoms. The quantitative estimate of drug-likeness (QED) is 0.0753. The second-order valence-corrected chi connectivity index (χ2v) is 14.3. The van der Waals surface area contributed by atoms with Gasteiger partial charge in [-0.15, -0.1) is 0 Å². The van der Waals surface area contributed by atoms with Gasteiger partial charge in [0.2, 0.25) is 0 Å². The number of hydrogen-bond donors (Lipinski definition) is 8. The van der Waals surface area contributed by atoms with Crippen LogP contribution in [0.4, 0.5) is 22.7 Å². The molecule has 0 saturated carbocycles. The molecule has 0 aliphatic heterocycles. The minimum absolute atomic E-state index is 0.0164. The zero-order valence-electron chi connectivity index (χ0n) is 27.3. The number of phenolic OH excluding ortho intramolecular Hbond substituents is 2. The molecular formula is C36H26N4O12S2. The Labute approximate surface area is 305 Å². The Kier molecular flexibility index (Phi) is 9.76. The zero-order chi connectivity index (χ0) is 38.9. The highest BCUT2D eigenvalue weighted by atomic mass is 32.2. The van der Waals surface area contributed by atoms with E-state index in [2.05, 4.69) is 21.3 Å². The predicted octanol–water partition coefficient (Wildman–Crippen LogP) is 4.98. The van der Waals surface area contributed by atoms with Crippen LogP contribution in [0.3, 0.4) is 0 Å². The number of rotatable bonds is 8. The van der Waals surface area contributed by atoms with Crippen molar-refractivity contribution < 1.29 is 55.3 Å². The number of benzene rings is 6. The molecule has 274 valence electrons. The molecule has 16 nitrogen and oxygen atoms in total. The van der Waals surface area contributed by atoms with E-state index in [9.17, 15) is 55.3 Å². The molecule has 0 unspecified atom stereocenters. The molecule has 6 aromatic rings. The molecule has 0 aliphatic carbocycles. The molecule has 0 aliphatic rings. The van der Waals surface area contributed by atoms with E-state index in [-0.39, 0.29) is 66.9 Å². The maximum atomic E-state index is 13.3. The minimum Gasteiger partial charge on any atom is -0.507 e. The van der Waals surface area contributed by atoms with Crippen LogP contribution in [0.25, 0.3) is 21.5 Å². The van der Waals surface area contributed by atoms with Gasteiger partial charge in [-0.05, 0) is 72.8 Å². The largest absolute Gasteiger partial charge is 0.507 e. The van der Waals surface area contributed by atoms with Crippen LogP contribution in [0.1, 0.15) is 20.7 Å². The van der Waals surface area contributed by atoms with Gasteiger partial charge in [0.15, 0.2) is 0 Å². The van der Waals surface area contributed by atoms with Gasteiger partial charge in [0, 0.05) is 44.0 Å². The summed E-state index contributed by atoms with van der Waals surface area (Å²) in [4.78, 5) is 50.9. The maximum absolute atomic E-state index is 13.3. The highest BCUT2D eigenvalue weighted by molar-refractivity contribution is 7.86. The number of carbonyl (C=O) groups is 4. The average Bonchev–Trinajstić information content (AvgIpc) is 3.11. The minimum atomic E-state index is -4.82. The van der Waals surface area contributed by atoms with Crippen molar-refractivity contribution in [2.45, 2.75) is 9.79 Å². The first kappa shape index (κ1) is 36.9. The molecule has 0 heterocycles. The zero-order valence-corrected chi connectivity index (χ0v) is 28.9. The Balaban J connectivity index is 1.17. The van der Waals surface area contributed by atoms with Crippen LogP contribution in [0, 0.1) is 0 Å². The second kappa shape index (κ2) is 14.3. The van der Waals surface area contributed by atoms with E-state index in [1.807, 2.05) is 0 Å². The van der Waals surface area contributed by atoms with E-state index in [1.54, 1.807) is 0 Å². The van der Waals surface area contributed by atoms with E-state index in [4.69, 9.17) is 0 Å². The van der Waals surface area contributed by atoms with Gasteiger partial charge in [-0.2, -0.15) is 16.8 Å². The smallest absolute Gasteiger partial charge is 0.314 e. The van der Waals surface area contributed by atoms with Crippen LogP contribution in [-0.2, 0) is 29.8 Å². The standard InChI is InChI=1S/C36H26N4O12S2/c41-27-11-3-9-25-23(27)13-15-29(53(47,48)49)31(25)39-33(43)19-5-1-7-21(17-19)37-35(45)36(46)38-22-8-2-6-20(18-22)34(44)40-32-26-10-4-12-28(42)24(26)14-16-30(32)54(50,51)52/h1-18,41-42H,(H,37,45)(H,38,46)(H,39,43)(H,40,44)(H,47,48,49)(H,50,51,52). The third-order valence-corrected chi connectivity index (χ3v) is 9.80. The van der Waals surface area contributed by atoms with Crippen molar-refractivity contribution in [1.82, 2.24) is 0 Å². The summed E-state index contributed by atoms with van der Waals surface area (Å²) in [5.74, 6) is -4.52. The highest BCUT2D eigenvalue weighted by Gasteiger charge is 2.24. The molecule has 0 aromatic heterocycles. The summed E-state index contributed by atoms with van der Waals surface area (Å²) in [6, 6.07) is 23.4. The molecule has 0 radical (unpaired) electrons. The molecule has 0 spiro atoms. The number of anilines is 4. The fourth-order valence-electron chi connectivity index (χ4n) is 5.55. The van der Waals surface area contributed by atoms with Gasteiger partial charge in [0.05, 0.1) is 11.4 Å². The van der Waals surface area contributed by atoms with Gasteiger partial charge in [0.25, 0.3) is 32.1 Å². The highest BCUT2D eigenvalue weighted by Crippen LogP contribution is 2.37. The lowest BCUT2D eigenvalue weighted by Crippen LogP contribution is -2.29. The Bertz CT molecular complexity index is 2600. The summed E-state index contributed by atoms with van der Waals surface area (Å²) in [6.45, 7) is 0. The number of amides is 4. The second-order valence-electron chi connectivity index (χ2n) is 11.6. The lowest BCUT2D eigenvalue weighted by atomic mass is 10.1. The van der Waals surface area contributed by atoms with Crippen LogP contribution < -0.4 is 21.3 Å².